The number of nitrogens with zero attached hydrogens (tertiary/aromatic N) is 5. The summed E-state index contributed by atoms with van der Waals surface area (Å²) in [5.41, 5.74) is 11.4. The van der Waals surface area contributed by atoms with E-state index in [1.54, 1.807) is 18.6 Å². The monoisotopic (exact) mass is 493 g/mol. The Morgan fingerprint density at radius 2 is 1.78 bits per heavy atom. The Balaban J connectivity index is 1.53. The van der Waals surface area contributed by atoms with Crippen LogP contribution in [0.4, 0.5) is 10.6 Å². The van der Waals surface area contributed by atoms with Crippen LogP contribution in [0.25, 0.3) is 39.4 Å². The van der Waals surface area contributed by atoms with E-state index in [0.717, 1.165) is 27.9 Å². The fraction of sp³-hybridized carbons (Fsp3) is 0.179. The molecule has 186 valence electrons. The highest BCUT2D eigenvalue weighted by molar-refractivity contribution is 5.85. The van der Waals surface area contributed by atoms with Crippen molar-refractivity contribution in [2.45, 2.75) is 32.9 Å². The van der Waals surface area contributed by atoms with Gasteiger partial charge in [0.15, 0.2) is 11.5 Å². The first-order valence-corrected chi connectivity index (χ1v) is 11.8. The number of nitrogen functional groups attached to an aromatic ring is 1. The lowest BCUT2D eigenvalue weighted by molar-refractivity contribution is 0.0523. The third kappa shape index (κ3) is 5.25. The molecule has 0 aliphatic heterocycles. The van der Waals surface area contributed by atoms with Crippen molar-refractivity contribution >= 4 is 23.1 Å². The lowest BCUT2D eigenvalue weighted by atomic mass is 10.1. The molecule has 1 aromatic carbocycles. The lowest BCUT2D eigenvalue weighted by Gasteiger charge is -2.19. The average Bonchev–Trinajstić information content (AvgIpc) is 3.26. The highest BCUT2D eigenvalue weighted by atomic mass is 16.6. The molecule has 0 aliphatic carbocycles. The van der Waals surface area contributed by atoms with Crippen molar-refractivity contribution < 1.29 is 9.53 Å². The van der Waals surface area contributed by atoms with E-state index in [4.69, 9.17) is 20.4 Å². The third-order valence-corrected chi connectivity index (χ3v) is 5.60. The number of nitrogens with one attached hydrogen (secondary N) is 1. The SMILES string of the molecule is CC(C)(C)OC(=O)NCc1ccc(-n2c(-c3cccnc3N)nc3cc(-c4cccnc4)cnc32)cc1. The molecular formula is C28H27N7O2. The van der Waals surface area contributed by atoms with Gasteiger partial charge in [-0.05, 0) is 62.7 Å². The molecule has 0 spiro atoms. The molecule has 0 unspecified atom stereocenters. The van der Waals surface area contributed by atoms with Crippen LogP contribution in [-0.2, 0) is 11.3 Å². The van der Waals surface area contributed by atoms with E-state index in [0.29, 0.717) is 29.4 Å². The van der Waals surface area contributed by atoms with E-state index in [1.807, 2.05) is 86.1 Å². The van der Waals surface area contributed by atoms with Gasteiger partial charge in [-0.3, -0.25) is 9.55 Å². The number of alkyl carbamates (subject to hydrolysis) is 1. The maximum Gasteiger partial charge on any atom is 0.407 e. The number of hydrogen-bond donors (Lipinski definition) is 2. The number of imidazole rings is 1. The van der Waals surface area contributed by atoms with Crippen molar-refractivity contribution in [3.8, 4) is 28.2 Å². The van der Waals surface area contributed by atoms with E-state index in [2.05, 4.69) is 15.3 Å². The predicted octanol–water partition coefficient (Wildman–Crippen LogP) is 5.15. The first-order chi connectivity index (χ1) is 17.8. The summed E-state index contributed by atoms with van der Waals surface area (Å²) in [6, 6.07) is 17.4. The summed E-state index contributed by atoms with van der Waals surface area (Å²) in [7, 11) is 0. The first kappa shape index (κ1) is 23.9. The molecular weight excluding hydrogens is 466 g/mol. The maximum absolute atomic E-state index is 12.0. The van der Waals surface area contributed by atoms with Crippen molar-refractivity contribution in [2.75, 3.05) is 5.73 Å². The Hall–Kier alpha value is -4.79. The highest BCUT2D eigenvalue weighted by Gasteiger charge is 2.19. The van der Waals surface area contributed by atoms with Crippen molar-refractivity contribution in [2.24, 2.45) is 0 Å². The topological polar surface area (TPSA) is 121 Å². The van der Waals surface area contributed by atoms with Gasteiger partial charge in [-0.1, -0.05) is 18.2 Å². The van der Waals surface area contributed by atoms with Gasteiger partial charge in [0, 0.05) is 48.1 Å². The Kier molecular flexibility index (Phi) is 6.27. The number of hydrogen-bond acceptors (Lipinski definition) is 7. The summed E-state index contributed by atoms with van der Waals surface area (Å²) in [4.78, 5) is 30.2. The van der Waals surface area contributed by atoms with Gasteiger partial charge >= 0.3 is 6.09 Å². The predicted molar refractivity (Wildman–Crippen MR) is 143 cm³/mol. The smallest absolute Gasteiger partial charge is 0.407 e. The van der Waals surface area contributed by atoms with Crippen LogP contribution in [-0.4, -0.2) is 36.2 Å². The number of amides is 1. The number of aromatic nitrogens is 5. The van der Waals surface area contributed by atoms with Crippen LogP contribution in [0.1, 0.15) is 26.3 Å². The fourth-order valence-corrected chi connectivity index (χ4v) is 3.94. The van der Waals surface area contributed by atoms with Crippen LogP contribution in [0.3, 0.4) is 0 Å². The van der Waals surface area contributed by atoms with Crippen LogP contribution in [0, 0.1) is 0 Å². The maximum atomic E-state index is 12.0. The summed E-state index contributed by atoms with van der Waals surface area (Å²) in [6.07, 6.45) is 6.54. The molecule has 0 atom stereocenters. The fourth-order valence-electron chi connectivity index (χ4n) is 3.94. The number of nitrogens with two attached hydrogens (primary N) is 1. The summed E-state index contributed by atoms with van der Waals surface area (Å²) in [5.74, 6) is 1.01. The molecule has 0 saturated carbocycles. The van der Waals surface area contributed by atoms with Crippen molar-refractivity contribution in [1.29, 1.82) is 0 Å². The summed E-state index contributed by atoms with van der Waals surface area (Å²) >= 11 is 0. The summed E-state index contributed by atoms with van der Waals surface area (Å²) < 4.78 is 7.27. The van der Waals surface area contributed by atoms with Crippen LogP contribution >= 0.6 is 0 Å². The second-order valence-corrected chi connectivity index (χ2v) is 9.54. The van der Waals surface area contributed by atoms with Crippen molar-refractivity contribution in [3.63, 3.8) is 0 Å². The largest absolute Gasteiger partial charge is 0.444 e. The number of rotatable bonds is 5. The van der Waals surface area contributed by atoms with E-state index < -0.39 is 11.7 Å². The molecule has 5 rings (SSSR count). The molecule has 0 fully saturated rings. The van der Waals surface area contributed by atoms with Gasteiger partial charge < -0.3 is 15.8 Å². The third-order valence-electron chi connectivity index (χ3n) is 5.60. The van der Waals surface area contributed by atoms with Gasteiger partial charge in [0.05, 0.1) is 5.56 Å². The summed E-state index contributed by atoms with van der Waals surface area (Å²) in [6.45, 7) is 5.83. The van der Waals surface area contributed by atoms with Crippen molar-refractivity contribution in [1.82, 2.24) is 29.8 Å². The van der Waals surface area contributed by atoms with Crippen LogP contribution in [0.2, 0.25) is 0 Å². The minimum atomic E-state index is -0.551. The molecule has 0 saturated heterocycles. The Labute approximate surface area is 214 Å². The standard InChI is InChI=1S/C28H27N7O2/c1-28(2,3)37-27(36)33-15-18-8-10-21(11-9-18)35-25(22-7-5-13-31-24(22)29)34-23-14-20(17-32-26(23)35)19-6-4-12-30-16-19/h4-14,16-17H,15H2,1-3H3,(H2,29,31)(H,33,36). The zero-order chi connectivity index (χ0) is 26.0. The van der Waals surface area contributed by atoms with Gasteiger partial charge in [-0.15, -0.1) is 0 Å². The zero-order valence-corrected chi connectivity index (χ0v) is 20.8. The number of fused-ring (bicyclic) bond motifs is 1. The normalized spacial score (nSPS) is 11.4. The van der Waals surface area contributed by atoms with E-state index >= 15 is 0 Å². The molecule has 4 aromatic heterocycles. The van der Waals surface area contributed by atoms with Crippen LogP contribution in [0.15, 0.2) is 79.4 Å². The number of pyridine rings is 3. The summed E-state index contributed by atoms with van der Waals surface area (Å²) in [5, 5.41) is 2.78. The molecule has 4 heterocycles. The molecule has 1 amide bonds. The van der Waals surface area contributed by atoms with E-state index in [1.165, 1.54) is 0 Å². The molecule has 37 heavy (non-hydrogen) atoms. The van der Waals surface area contributed by atoms with E-state index in [9.17, 15) is 4.79 Å². The number of ether oxygens (including phenoxy) is 1. The quantitative estimate of drug-likeness (QED) is 0.347. The Bertz CT molecular complexity index is 1560. The minimum absolute atomic E-state index is 0.342. The van der Waals surface area contributed by atoms with Gasteiger partial charge in [0.1, 0.15) is 16.9 Å². The van der Waals surface area contributed by atoms with Gasteiger partial charge in [0.25, 0.3) is 0 Å². The van der Waals surface area contributed by atoms with Gasteiger partial charge in [0.2, 0.25) is 0 Å². The van der Waals surface area contributed by atoms with E-state index in [-0.39, 0.29) is 0 Å². The molecule has 9 nitrogen and oxygen atoms in total. The number of benzene rings is 1. The van der Waals surface area contributed by atoms with Gasteiger partial charge in [-0.2, -0.15) is 0 Å². The number of carbonyl (C=O) groups excluding carboxylic acids is 1. The minimum Gasteiger partial charge on any atom is -0.444 e. The molecule has 0 bridgehead atoms. The first-order valence-electron chi connectivity index (χ1n) is 11.8. The number of carbonyl (C=O) groups is 1. The zero-order valence-electron chi connectivity index (χ0n) is 20.8. The van der Waals surface area contributed by atoms with Crippen molar-refractivity contribution in [3.05, 3.63) is 84.9 Å². The Morgan fingerprint density at radius 1 is 1.00 bits per heavy atom. The molecule has 0 aliphatic rings. The highest BCUT2D eigenvalue weighted by Crippen LogP contribution is 2.32. The second-order valence-electron chi connectivity index (χ2n) is 9.54. The van der Waals surface area contributed by atoms with Crippen LogP contribution in [0.5, 0.6) is 0 Å². The molecule has 5 aromatic rings. The van der Waals surface area contributed by atoms with Gasteiger partial charge in [-0.25, -0.2) is 19.7 Å². The Morgan fingerprint density at radius 3 is 2.49 bits per heavy atom. The molecule has 9 heteroatoms. The second kappa shape index (κ2) is 9.69. The lowest BCUT2D eigenvalue weighted by Crippen LogP contribution is -2.32. The average molecular weight is 494 g/mol. The van der Waals surface area contributed by atoms with Crippen LogP contribution < -0.4 is 11.1 Å². The molecule has 3 N–H and O–H groups in total. The molecule has 0 radical (unpaired) electrons. The number of anilines is 1.